The van der Waals surface area contributed by atoms with Crippen LogP contribution in [0.2, 0.25) is 0 Å². The third-order valence-corrected chi connectivity index (χ3v) is 2.24. The van der Waals surface area contributed by atoms with E-state index in [1.807, 2.05) is 30.3 Å². The molecule has 0 saturated heterocycles. The highest BCUT2D eigenvalue weighted by Crippen LogP contribution is 2.19. The number of primary amides is 1. The minimum absolute atomic E-state index is 0.398. The zero-order valence-corrected chi connectivity index (χ0v) is 9.81. The first-order chi connectivity index (χ1) is 8.02. The number of carbonyl (C=O) groups excluding carboxylic acids is 1. The fourth-order valence-corrected chi connectivity index (χ4v) is 1.25. The van der Waals surface area contributed by atoms with Crippen LogP contribution in [0.4, 0.5) is 5.69 Å². The third kappa shape index (κ3) is 3.65. The second-order valence-corrected chi connectivity index (χ2v) is 3.71. The molecule has 0 spiro atoms. The van der Waals surface area contributed by atoms with Crippen molar-refractivity contribution < 1.29 is 4.79 Å². The SMILES string of the molecule is C=C(C)C(N)=O.Nc1cccc2ccccc12. The molecule has 88 valence electrons. The molecule has 3 nitrogen and oxygen atoms in total. The lowest BCUT2D eigenvalue weighted by molar-refractivity contribution is -0.114. The maximum absolute atomic E-state index is 9.82. The largest absolute Gasteiger partial charge is 0.398 e. The van der Waals surface area contributed by atoms with Crippen molar-refractivity contribution in [3.8, 4) is 0 Å². The monoisotopic (exact) mass is 228 g/mol. The molecule has 0 aromatic heterocycles. The second-order valence-electron chi connectivity index (χ2n) is 3.71. The zero-order chi connectivity index (χ0) is 12.8. The summed E-state index contributed by atoms with van der Waals surface area (Å²) in [6.07, 6.45) is 0. The summed E-state index contributed by atoms with van der Waals surface area (Å²) in [5.41, 5.74) is 11.7. The first-order valence-corrected chi connectivity index (χ1v) is 5.21. The fraction of sp³-hybridized carbons (Fsp3) is 0.0714. The van der Waals surface area contributed by atoms with Crippen LogP contribution < -0.4 is 11.5 Å². The van der Waals surface area contributed by atoms with Gasteiger partial charge >= 0.3 is 0 Å². The molecular formula is C14H16N2O. The van der Waals surface area contributed by atoms with Crippen molar-refractivity contribution in [1.82, 2.24) is 0 Å². The van der Waals surface area contributed by atoms with Crippen molar-refractivity contribution >= 4 is 22.4 Å². The van der Waals surface area contributed by atoms with Crippen molar-refractivity contribution in [2.45, 2.75) is 6.92 Å². The van der Waals surface area contributed by atoms with Crippen molar-refractivity contribution in [3.63, 3.8) is 0 Å². The highest BCUT2D eigenvalue weighted by atomic mass is 16.1. The Morgan fingerprint density at radius 1 is 1.12 bits per heavy atom. The van der Waals surface area contributed by atoms with E-state index in [9.17, 15) is 4.79 Å². The predicted molar refractivity (Wildman–Crippen MR) is 72.4 cm³/mol. The molecule has 0 radical (unpaired) electrons. The van der Waals surface area contributed by atoms with E-state index in [1.165, 1.54) is 5.39 Å². The molecule has 0 aliphatic heterocycles. The fourth-order valence-electron chi connectivity index (χ4n) is 1.25. The number of rotatable bonds is 1. The number of amides is 1. The van der Waals surface area contributed by atoms with Crippen LogP contribution in [0.3, 0.4) is 0 Å². The summed E-state index contributed by atoms with van der Waals surface area (Å²) < 4.78 is 0. The quantitative estimate of drug-likeness (QED) is 0.581. The Morgan fingerprint density at radius 3 is 2.18 bits per heavy atom. The van der Waals surface area contributed by atoms with E-state index in [1.54, 1.807) is 6.92 Å². The Balaban J connectivity index is 0.000000209. The van der Waals surface area contributed by atoms with E-state index in [-0.39, 0.29) is 0 Å². The Labute approximate surface area is 101 Å². The van der Waals surface area contributed by atoms with Gasteiger partial charge in [-0.25, -0.2) is 0 Å². The van der Waals surface area contributed by atoms with Gasteiger partial charge in [-0.2, -0.15) is 0 Å². The average molecular weight is 228 g/mol. The van der Waals surface area contributed by atoms with Crippen LogP contribution in [0.15, 0.2) is 54.6 Å². The Hall–Kier alpha value is -2.29. The maximum Gasteiger partial charge on any atom is 0.243 e. The topological polar surface area (TPSA) is 69.1 Å². The molecule has 0 aliphatic rings. The molecule has 3 heteroatoms. The van der Waals surface area contributed by atoms with E-state index >= 15 is 0 Å². The Bertz CT molecular complexity index is 529. The van der Waals surface area contributed by atoms with E-state index in [0.717, 1.165) is 11.1 Å². The van der Waals surface area contributed by atoms with Crippen molar-refractivity contribution in [1.29, 1.82) is 0 Å². The molecule has 2 aromatic rings. The first-order valence-electron chi connectivity index (χ1n) is 5.21. The molecule has 2 aromatic carbocycles. The summed E-state index contributed by atoms with van der Waals surface area (Å²) in [6.45, 7) is 4.85. The van der Waals surface area contributed by atoms with E-state index in [2.05, 4.69) is 18.7 Å². The van der Waals surface area contributed by atoms with Crippen LogP contribution in [-0.4, -0.2) is 5.91 Å². The summed E-state index contributed by atoms with van der Waals surface area (Å²) in [5.74, 6) is -0.435. The number of hydrogen-bond donors (Lipinski definition) is 2. The lowest BCUT2D eigenvalue weighted by Crippen LogP contribution is -2.10. The molecule has 4 N–H and O–H groups in total. The number of fused-ring (bicyclic) bond motifs is 1. The Kier molecular flexibility index (Phi) is 4.29. The van der Waals surface area contributed by atoms with Crippen molar-refractivity contribution in [2.75, 3.05) is 5.73 Å². The minimum Gasteiger partial charge on any atom is -0.398 e. The van der Waals surface area contributed by atoms with Crippen LogP contribution in [0.1, 0.15) is 6.92 Å². The van der Waals surface area contributed by atoms with Gasteiger partial charge in [0.1, 0.15) is 0 Å². The van der Waals surface area contributed by atoms with E-state index in [0.29, 0.717) is 5.57 Å². The van der Waals surface area contributed by atoms with Gasteiger partial charge in [0, 0.05) is 16.6 Å². The first kappa shape index (κ1) is 12.8. The highest BCUT2D eigenvalue weighted by Gasteiger charge is 1.92. The maximum atomic E-state index is 9.82. The molecule has 0 bridgehead atoms. The van der Waals surface area contributed by atoms with Crippen LogP contribution >= 0.6 is 0 Å². The minimum atomic E-state index is -0.435. The standard InChI is InChI=1S/C10H9N.C4H7NO/c11-10-7-3-5-8-4-1-2-6-9(8)10;1-3(2)4(5)6/h1-7H,11H2;1H2,2H3,(H2,5,6). The number of carbonyl (C=O) groups is 1. The summed E-state index contributed by atoms with van der Waals surface area (Å²) in [5, 5.41) is 2.34. The number of benzene rings is 2. The number of anilines is 1. The molecule has 0 aliphatic carbocycles. The predicted octanol–water partition coefficient (Wildman–Crippen LogP) is 2.47. The second kappa shape index (κ2) is 5.70. The van der Waals surface area contributed by atoms with Gasteiger partial charge < -0.3 is 11.5 Å². The normalized spacial score (nSPS) is 9.24. The summed E-state index contributed by atoms with van der Waals surface area (Å²) >= 11 is 0. The Morgan fingerprint density at radius 2 is 1.65 bits per heavy atom. The van der Waals surface area contributed by atoms with Gasteiger partial charge in [0.25, 0.3) is 0 Å². The van der Waals surface area contributed by atoms with Crippen LogP contribution in [-0.2, 0) is 4.79 Å². The van der Waals surface area contributed by atoms with Gasteiger partial charge in [-0.3, -0.25) is 4.79 Å². The summed E-state index contributed by atoms with van der Waals surface area (Å²) in [7, 11) is 0. The molecule has 17 heavy (non-hydrogen) atoms. The van der Waals surface area contributed by atoms with Gasteiger partial charge in [-0.1, -0.05) is 43.0 Å². The molecular weight excluding hydrogens is 212 g/mol. The van der Waals surface area contributed by atoms with Gasteiger partial charge in [0.2, 0.25) is 5.91 Å². The lowest BCUT2D eigenvalue weighted by atomic mass is 10.1. The molecule has 2 rings (SSSR count). The molecule has 1 amide bonds. The van der Waals surface area contributed by atoms with Crippen molar-refractivity contribution in [3.05, 3.63) is 54.6 Å². The van der Waals surface area contributed by atoms with Crippen molar-refractivity contribution in [2.24, 2.45) is 5.73 Å². The molecule has 0 fully saturated rings. The molecule has 0 atom stereocenters. The summed E-state index contributed by atoms with van der Waals surface area (Å²) in [4.78, 5) is 9.82. The third-order valence-electron chi connectivity index (χ3n) is 2.24. The van der Waals surface area contributed by atoms with Crippen LogP contribution in [0, 0.1) is 0 Å². The molecule has 0 unspecified atom stereocenters. The van der Waals surface area contributed by atoms with Gasteiger partial charge in [0.05, 0.1) is 0 Å². The smallest absolute Gasteiger partial charge is 0.243 e. The summed E-state index contributed by atoms with van der Waals surface area (Å²) in [6, 6.07) is 14.1. The lowest BCUT2D eigenvalue weighted by Gasteiger charge is -1.98. The number of nitrogen functional groups attached to an aromatic ring is 1. The number of nitrogens with two attached hydrogens (primary N) is 2. The van der Waals surface area contributed by atoms with Crippen LogP contribution in [0.25, 0.3) is 10.8 Å². The van der Waals surface area contributed by atoms with Gasteiger partial charge in [-0.15, -0.1) is 0 Å². The zero-order valence-electron chi connectivity index (χ0n) is 9.81. The van der Waals surface area contributed by atoms with E-state index < -0.39 is 5.91 Å². The van der Waals surface area contributed by atoms with Gasteiger partial charge in [0.15, 0.2) is 0 Å². The molecule has 0 saturated carbocycles. The highest BCUT2D eigenvalue weighted by molar-refractivity contribution is 5.92. The number of hydrogen-bond acceptors (Lipinski definition) is 2. The molecule has 0 heterocycles. The van der Waals surface area contributed by atoms with E-state index in [4.69, 9.17) is 11.5 Å². The van der Waals surface area contributed by atoms with Crippen LogP contribution in [0.5, 0.6) is 0 Å². The average Bonchev–Trinajstić information content (AvgIpc) is 2.30. The van der Waals surface area contributed by atoms with Gasteiger partial charge in [-0.05, 0) is 18.4 Å².